The van der Waals surface area contributed by atoms with Gasteiger partial charge in [-0.1, -0.05) is 12.1 Å². The molecule has 1 fully saturated rings. The Kier molecular flexibility index (Phi) is 3.84. The number of amides is 1. The lowest BCUT2D eigenvalue weighted by Crippen LogP contribution is -2.43. The first-order valence-corrected chi connectivity index (χ1v) is 7.98. The van der Waals surface area contributed by atoms with Crippen molar-refractivity contribution in [3.63, 3.8) is 0 Å². The summed E-state index contributed by atoms with van der Waals surface area (Å²) in [6, 6.07) is 11.3. The Bertz CT molecular complexity index is 868. The summed E-state index contributed by atoms with van der Waals surface area (Å²) in [7, 11) is 0. The van der Waals surface area contributed by atoms with Gasteiger partial charge in [-0.3, -0.25) is 4.79 Å². The minimum Gasteiger partial charge on any atom is -0.367 e. The fraction of sp³-hybridized carbons (Fsp3) is 0.235. The second kappa shape index (κ2) is 6.29. The Balaban J connectivity index is 1.59. The Morgan fingerprint density at radius 3 is 2.83 bits per heavy atom. The van der Waals surface area contributed by atoms with E-state index in [1.807, 2.05) is 24.3 Å². The Labute approximate surface area is 139 Å². The molecule has 0 radical (unpaired) electrons. The van der Waals surface area contributed by atoms with Gasteiger partial charge in [0.25, 0.3) is 5.91 Å². The van der Waals surface area contributed by atoms with E-state index >= 15 is 0 Å². The zero-order valence-electron chi connectivity index (χ0n) is 13.1. The van der Waals surface area contributed by atoms with Crippen LogP contribution in [0.1, 0.15) is 10.5 Å². The van der Waals surface area contributed by atoms with Crippen molar-refractivity contribution in [2.45, 2.75) is 0 Å². The van der Waals surface area contributed by atoms with Crippen molar-refractivity contribution in [3.8, 4) is 0 Å². The van der Waals surface area contributed by atoms with Crippen molar-refractivity contribution < 1.29 is 4.79 Å². The van der Waals surface area contributed by atoms with Crippen LogP contribution in [-0.2, 0) is 0 Å². The number of rotatable bonds is 3. The van der Waals surface area contributed by atoms with E-state index in [9.17, 15) is 4.79 Å². The highest BCUT2D eigenvalue weighted by Crippen LogP contribution is 2.26. The second-order valence-corrected chi connectivity index (χ2v) is 5.66. The van der Waals surface area contributed by atoms with E-state index in [1.165, 1.54) is 0 Å². The number of carbonyl (C=O) groups is 1. The molecule has 1 aliphatic rings. The Hall–Kier alpha value is -2.93. The first-order chi connectivity index (χ1) is 11.8. The van der Waals surface area contributed by atoms with E-state index in [1.54, 1.807) is 29.0 Å². The molecule has 4 rings (SSSR count). The monoisotopic (exact) mass is 322 g/mol. The van der Waals surface area contributed by atoms with E-state index in [0.717, 1.165) is 37.6 Å². The average molecular weight is 322 g/mol. The van der Waals surface area contributed by atoms with Crippen LogP contribution in [-0.4, -0.2) is 46.7 Å². The number of carbonyl (C=O) groups excluding carboxylic acids is 1. The molecular weight excluding hydrogens is 304 g/mol. The Morgan fingerprint density at radius 2 is 1.96 bits per heavy atom. The SMILES string of the molecule is O=C(Nc1ccccc1N1CCNCC1)c1ccn2nccc2n1. The van der Waals surface area contributed by atoms with Gasteiger partial charge in [0, 0.05) is 38.4 Å². The minimum absolute atomic E-state index is 0.221. The molecule has 0 atom stereocenters. The zero-order valence-corrected chi connectivity index (χ0v) is 13.1. The van der Waals surface area contributed by atoms with Crippen LogP contribution >= 0.6 is 0 Å². The summed E-state index contributed by atoms with van der Waals surface area (Å²) in [5, 5.41) is 10.4. The molecule has 1 saturated heterocycles. The molecule has 2 aromatic heterocycles. The standard InChI is InChI=1S/C17H18N6O/c24-17(14-6-10-23-16(20-14)5-7-19-23)21-13-3-1-2-4-15(13)22-11-8-18-9-12-22/h1-7,10,18H,8-9,11-12H2,(H,21,24). The average Bonchev–Trinajstić information content (AvgIpc) is 3.10. The van der Waals surface area contributed by atoms with E-state index in [0.29, 0.717) is 11.3 Å². The second-order valence-electron chi connectivity index (χ2n) is 5.66. The van der Waals surface area contributed by atoms with Gasteiger partial charge < -0.3 is 15.5 Å². The molecule has 2 N–H and O–H groups in total. The van der Waals surface area contributed by atoms with Crippen LogP contribution in [0.5, 0.6) is 0 Å². The van der Waals surface area contributed by atoms with Gasteiger partial charge in [0.1, 0.15) is 5.69 Å². The summed E-state index contributed by atoms with van der Waals surface area (Å²) < 4.78 is 1.63. The third-order valence-electron chi connectivity index (χ3n) is 4.10. The minimum atomic E-state index is -0.221. The van der Waals surface area contributed by atoms with Crippen molar-refractivity contribution >= 4 is 22.9 Å². The number of nitrogens with zero attached hydrogens (tertiary/aromatic N) is 4. The third kappa shape index (κ3) is 2.81. The van der Waals surface area contributed by atoms with Crippen LogP contribution in [0.15, 0.2) is 48.8 Å². The van der Waals surface area contributed by atoms with E-state index in [4.69, 9.17) is 0 Å². The Morgan fingerprint density at radius 1 is 1.12 bits per heavy atom. The first-order valence-electron chi connectivity index (χ1n) is 7.98. The van der Waals surface area contributed by atoms with Crippen LogP contribution in [0.4, 0.5) is 11.4 Å². The van der Waals surface area contributed by atoms with Crippen molar-refractivity contribution in [1.82, 2.24) is 19.9 Å². The molecule has 1 amide bonds. The van der Waals surface area contributed by atoms with Gasteiger partial charge in [-0.15, -0.1) is 0 Å². The normalized spacial score (nSPS) is 14.8. The summed E-state index contributed by atoms with van der Waals surface area (Å²) in [5.41, 5.74) is 2.87. The fourth-order valence-corrected chi connectivity index (χ4v) is 2.89. The van der Waals surface area contributed by atoms with Crippen LogP contribution < -0.4 is 15.5 Å². The van der Waals surface area contributed by atoms with E-state index in [2.05, 4.69) is 25.6 Å². The largest absolute Gasteiger partial charge is 0.367 e. The number of nitrogens with one attached hydrogen (secondary N) is 2. The third-order valence-corrected chi connectivity index (χ3v) is 4.10. The van der Waals surface area contributed by atoms with Gasteiger partial charge >= 0.3 is 0 Å². The molecule has 0 bridgehead atoms. The number of piperazine rings is 1. The van der Waals surface area contributed by atoms with Gasteiger partial charge in [0.05, 0.1) is 17.6 Å². The van der Waals surface area contributed by atoms with Crippen molar-refractivity contribution in [2.75, 3.05) is 36.4 Å². The highest BCUT2D eigenvalue weighted by Gasteiger charge is 2.16. The highest BCUT2D eigenvalue weighted by molar-refractivity contribution is 6.04. The molecule has 3 aromatic rings. The molecule has 3 heterocycles. The summed E-state index contributed by atoms with van der Waals surface area (Å²) >= 11 is 0. The molecule has 1 aliphatic heterocycles. The summed E-state index contributed by atoms with van der Waals surface area (Å²) in [6.45, 7) is 3.74. The molecular formula is C17H18N6O. The summed E-state index contributed by atoms with van der Waals surface area (Å²) in [4.78, 5) is 19.2. The highest BCUT2D eigenvalue weighted by atomic mass is 16.1. The van der Waals surface area contributed by atoms with Crippen molar-refractivity contribution in [2.24, 2.45) is 0 Å². The van der Waals surface area contributed by atoms with Crippen LogP contribution in [0.3, 0.4) is 0 Å². The number of anilines is 2. The topological polar surface area (TPSA) is 74.6 Å². The lowest BCUT2D eigenvalue weighted by Gasteiger charge is -2.31. The van der Waals surface area contributed by atoms with Gasteiger partial charge in [-0.25, -0.2) is 9.50 Å². The van der Waals surface area contributed by atoms with Crippen LogP contribution in [0.2, 0.25) is 0 Å². The number of fused-ring (bicyclic) bond motifs is 1. The molecule has 24 heavy (non-hydrogen) atoms. The van der Waals surface area contributed by atoms with E-state index in [-0.39, 0.29) is 5.91 Å². The summed E-state index contributed by atoms with van der Waals surface area (Å²) in [5.74, 6) is -0.221. The first kappa shape index (κ1) is 14.6. The summed E-state index contributed by atoms with van der Waals surface area (Å²) in [6.07, 6.45) is 3.39. The molecule has 0 spiro atoms. The van der Waals surface area contributed by atoms with Gasteiger partial charge in [-0.05, 0) is 18.2 Å². The van der Waals surface area contributed by atoms with Gasteiger partial charge in [0.2, 0.25) is 0 Å². The molecule has 0 aliphatic carbocycles. The van der Waals surface area contributed by atoms with Gasteiger partial charge in [-0.2, -0.15) is 5.10 Å². The lowest BCUT2D eigenvalue weighted by atomic mass is 10.2. The fourth-order valence-electron chi connectivity index (χ4n) is 2.89. The predicted molar refractivity (Wildman–Crippen MR) is 92.5 cm³/mol. The number of hydrogen-bond donors (Lipinski definition) is 2. The predicted octanol–water partition coefficient (Wildman–Crippen LogP) is 1.39. The number of benzene rings is 1. The van der Waals surface area contributed by atoms with Crippen LogP contribution in [0, 0.1) is 0 Å². The van der Waals surface area contributed by atoms with Crippen molar-refractivity contribution in [1.29, 1.82) is 0 Å². The quantitative estimate of drug-likeness (QED) is 0.762. The van der Waals surface area contributed by atoms with Crippen LogP contribution in [0.25, 0.3) is 5.65 Å². The number of hydrogen-bond acceptors (Lipinski definition) is 5. The number of aromatic nitrogens is 3. The molecule has 7 heteroatoms. The maximum atomic E-state index is 12.6. The lowest BCUT2D eigenvalue weighted by molar-refractivity contribution is 0.102. The molecule has 122 valence electrons. The molecule has 0 saturated carbocycles. The molecule has 7 nitrogen and oxygen atoms in total. The molecule has 0 unspecified atom stereocenters. The van der Waals surface area contributed by atoms with Crippen molar-refractivity contribution in [3.05, 3.63) is 54.5 Å². The maximum absolute atomic E-state index is 12.6. The maximum Gasteiger partial charge on any atom is 0.274 e. The molecule has 1 aromatic carbocycles. The smallest absolute Gasteiger partial charge is 0.274 e. The van der Waals surface area contributed by atoms with E-state index < -0.39 is 0 Å². The number of para-hydroxylation sites is 2. The van der Waals surface area contributed by atoms with Gasteiger partial charge in [0.15, 0.2) is 5.65 Å². The zero-order chi connectivity index (χ0) is 16.4.